The molecule has 0 saturated heterocycles. The van der Waals surface area contributed by atoms with E-state index in [-0.39, 0.29) is 30.2 Å². The molecule has 0 saturated carbocycles. The quantitative estimate of drug-likeness (QED) is 0.389. The Morgan fingerprint density at radius 1 is 1.17 bits per heavy atom. The van der Waals surface area contributed by atoms with Crippen LogP contribution in [0.25, 0.3) is 0 Å². The second kappa shape index (κ2) is 11.4. The smallest absolute Gasteiger partial charge is 0.253 e. The van der Waals surface area contributed by atoms with Crippen LogP contribution in [-0.2, 0) is 19.2 Å². The average molecular weight is 325 g/mol. The third-order valence-electron chi connectivity index (χ3n) is 3.57. The SMILES string of the molecule is CC(C)C(C)NC(=O)CCCCCN1C(=O)C=CC1=O.NC=O. The first kappa shape index (κ1) is 20.8. The molecule has 1 atom stereocenters. The normalized spacial score (nSPS) is 14.5. The maximum absolute atomic E-state index is 11.6. The number of imide groups is 1. The Hall–Kier alpha value is -2.18. The summed E-state index contributed by atoms with van der Waals surface area (Å²) in [5.74, 6) is 0.0248. The average Bonchev–Trinajstić information content (AvgIpc) is 2.79. The van der Waals surface area contributed by atoms with Crippen LogP contribution in [0.4, 0.5) is 0 Å². The van der Waals surface area contributed by atoms with Crippen molar-refractivity contribution in [3.63, 3.8) is 0 Å². The first-order chi connectivity index (χ1) is 10.8. The van der Waals surface area contributed by atoms with Crippen LogP contribution in [0, 0.1) is 5.92 Å². The number of hydrogen-bond acceptors (Lipinski definition) is 4. The molecule has 4 amide bonds. The summed E-state index contributed by atoms with van der Waals surface area (Å²) in [5.41, 5.74) is 4.17. The number of unbranched alkanes of at least 4 members (excludes halogenated alkanes) is 2. The molecule has 130 valence electrons. The molecule has 1 aliphatic heterocycles. The van der Waals surface area contributed by atoms with E-state index in [1.165, 1.54) is 17.1 Å². The number of amides is 4. The van der Waals surface area contributed by atoms with E-state index in [0.717, 1.165) is 19.3 Å². The molecule has 7 heteroatoms. The molecule has 1 rings (SSSR count). The van der Waals surface area contributed by atoms with Gasteiger partial charge in [-0.3, -0.25) is 24.1 Å². The van der Waals surface area contributed by atoms with E-state index < -0.39 is 0 Å². The van der Waals surface area contributed by atoms with Crippen LogP contribution in [0.3, 0.4) is 0 Å². The molecule has 23 heavy (non-hydrogen) atoms. The van der Waals surface area contributed by atoms with Crippen molar-refractivity contribution >= 4 is 24.1 Å². The fourth-order valence-electron chi connectivity index (χ4n) is 1.88. The van der Waals surface area contributed by atoms with Gasteiger partial charge >= 0.3 is 0 Å². The van der Waals surface area contributed by atoms with Gasteiger partial charge in [-0.15, -0.1) is 0 Å². The van der Waals surface area contributed by atoms with Crippen LogP contribution >= 0.6 is 0 Å². The molecule has 7 nitrogen and oxygen atoms in total. The predicted octanol–water partition coefficient (Wildman–Crippen LogP) is 0.734. The lowest BCUT2D eigenvalue weighted by molar-refractivity contribution is -0.137. The zero-order chi connectivity index (χ0) is 17.8. The molecule has 0 aliphatic carbocycles. The van der Waals surface area contributed by atoms with Crippen molar-refractivity contribution in [3.05, 3.63) is 12.2 Å². The van der Waals surface area contributed by atoms with Crippen LogP contribution in [0.2, 0.25) is 0 Å². The van der Waals surface area contributed by atoms with Gasteiger partial charge in [0.05, 0.1) is 0 Å². The summed E-state index contributed by atoms with van der Waals surface area (Å²) in [6.45, 7) is 6.58. The second-order valence-corrected chi connectivity index (χ2v) is 5.71. The van der Waals surface area contributed by atoms with Gasteiger partial charge in [-0.05, 0) is 25.7 Å². The van der Waals surface area contributed by atoms with E-state index in [4.69, 9.17) is 4.79 Å². The molecule has 1 unspecified atom stereocenters. The Bertz CT molecular complexity index is 429. The Kier molecular flexibility index (Phi) is 10.3. The first-order valence-corrected chi connectivity index (χ1v) is 7.81. The van der Waals surface area contributed by atoms with Gasteiger partial charge in [0.25, 0.3) is 11.8 Å². The number of carbonyl (C=O) groups is 4. The van der Waals surface area contributed by atoms with Crippen LogP contribution < -0.4 is 11.1 Å². The second-order valence-electron chi connectivity index (χ2n) is 5.71. The van der Waals surface area contributed by atoms with E-state index in [0.29, 0.717) is 18.9 Å². The zero-order valence-corrected chi connectivity index (χ0v) is 14.1. The Balaban J connectivity index is 0.00000149. The molecular weight excluding hydrogens is 298 g/mol. The van der Waals surface area contributed by atoms with Crippen LogP contribution in [0.5, 0.6) is 0 Å². The molecule has 0 aromatic rings. The molecule has 0 bridgehead atoms. The van der Waals surface area contributed by atoms with E-state index in [1.54, 1.807) is 0 Å². The summed E-state index contributed by atoms with van der Waals surface area (Å²) in [6.07, 6.45) is 5.69. The van der Waals surface area contributed by atoms with Gasteiger partial charge in [0.15, 0.2) is 0 Å². The summed E-state index contributed by atoms with van der Waals surface area (Å²) in [6, 6.07) is 0.188. The summed E-state index contributed by atoms with van der Waals surface area (Å²) >= 11 is 0. The topological polar surface area (TPSA) is 110 Å². The summed E-state index contributed by atoms with van der Waals surface area (Å²) in [7, 11) is 0. The van der Waals surface area contributed by atoms with Gasteiger partial charge in [0, 0.05) is 31.2 Å². The Morgan fingerprint density at radius 2 is 1.70 bits per heavy atom. The summed E-state index contributed by atoms with van der Waals surface area (Å²) < 4.78 is 0. The minimum atomic E-state index is -0.237. The van der Waals surface area contributed by atoms with Crippen molar-refractivity contribution < 1.29 is 19.2 Å². The maximum Gasteiger partial charge on any atom is 0.253 e. The molecule has 0 radical (unpaired) electrons. The zero-order valence-electron chi connectivity index (χ0n) is 14.1. The molecule has 0 spiro atoms. The summed E-state index contributed by atoms with van der Waals surface area (Å²) in [5, 5.41) is 2.96. The first-order valence-electron chi connectivity index (χ1n) is 7.81. The van der Waals surface area contributed by atoms with Crippen molar-refractivity contribution in [3.8, 4) is 0 Å². The van der Waals surface area contributed by atoms with Gasteiger partial charge in [-0.25, -0.2) is 0 Å². The number of rotatable bonds is 8. The van der Waals surface area contributed by atoms with Gasteiger partial charge in [0.1, 0.15) is 0 Å². The Morgan fingerprint density at radius 3 is 2.17 bits per heavy atom. The molecule has 3 N–H and O–H groups in total. The van der Waals surface area contributed by atoms with E-state index in [2.05, 4.69) is 24.9 Å². The van der Waals surface area contributed by atoms with Gasteiger partial charge in [-0.1, -0.05) is 20.3 Å². The van der Waals surface area contributed by atoms with E-state index in [9.17, 15) is 14.4 Å². The molecular formula is C16H27N3O4. The highest BCUT2D eigenvalue weighted by Crippen LogP contribution is 2.08. The minimum Gasteiger partial charge on any atom is -0.372 e. The number of primary amides is 1. The van der Waals surface area contributed by atoms with E-state index >= 15 is 0 Å². The lowest BCUT2D eigenvalue weighted by Crippen LogP contribution is -2.35. The largest absolute Gasteiger partial charge is 0.372 e. The van der Waals surface area contributed by atoms with Crippen molar-refractivity contribution in [2.45, 2.75) is 52.5 Å². The maximum atomic E-state index is 11.6. The van der Waals surface area contributed by atoms with Crippen molar-refractivity contribution in [2.75, 3.05) is 6.54 Å². The van der Waals surface area contributed by atoms with Gasteiger partial charge < -0.3 is 11.1 Å². The van der Waals surface area contributed by atoms with Gasteiger partial charge in [-0.2, -0.15) is 0 Å². The predicted molar refractivity (Wildman–Crippen MR) is 87.0 cm³/mol. The third kappa shape index (κ3) is 8.75. The van der Waals surface area contributed by atoms with Crippen LogP contribution in [-0.4, -0.2) is 41.6 Å². The number of carbonyl (C=O) groups excluding carboxylic acids is 4. The highest BCUT2D eigenvalue weighted by atomic mass is 16.2. The van der Waals surface area contributed by atoms with E-state index in [1.807, 2.05) is 6.92 Å². The van der Waals surface area contributed by atoms with Crippen molar-refractivity contribution in [2.24, 2.45) is 11.7 Å². The third-order valence-corrected chi connectivity index (χ3v) is 3.57. The highest BCUT2D eigenvalue weighted by Gasteiger charge is 2.22. The fraction of sp³-hybridized carbons (Fsp3) is 0.625. The highest BCUT2D eigenvalue weighted by molar-refractivity contribution is 6.12. The molecule has 0 aromatic heterocycles. The van der Waals surface area contributed by atoms with Crippen LogP contribution in [0.15, 0.2) is 12.2 Å². The molecule has 1 aliphatic rings. The van der Waals surface area contributed by atoms with Crippen molar-refractivity contribution in [1.82, 2.24) is 10.2 Å². The minimum absolute atomic E-state index is 0.0705. The monoisotopic (exact) mass is 325 g/mol. The molecule has 1 heterocycles. The lowest BCUT2D eigenvalue weighted by Gasteiger charge is -2.17. The van der Waals surface area contributed by atoms with Gasteiger partial charge in [0.2, 0.25) is 12.3 Å². The molecule has 0 fully saturated rings. The standard InChI is InChI=1S/C15H24N2O3.CH3NO/c1-11(2)12(3)16-13(18)7-5-4-6-10-17-14(19)8-9-15(17)20;2-1-3/h8-9,11-12H,4-7,10H2,1-3H3,(H,16,18);1H,(H2,2,3). The fourth-order valence-corrected chi connectivity index (χ4v) is 1.88. The van der Waals surface area contributed by atoms with Crippen LogP contribution in [0.1, 0.15) is 46.5 Å². The number of nitrogens with zero attached hydrogens (tertiary/aromatic N) is 1. The lowest BCUT2D eigenvalue weighted by atomic mass is 10.1. The molecule has 0 aromatic carbocycles. The number of nitrogens with two attached hydrogens (primary N) is 1. The number of hydrogen-bond donors (Lipinski definition) is 2. The number of nitrogens with one attached hydrogen (secondary N) is 1. The Labute approximate surface area is 137 Å². The summed E-state index contributed by atoms with van der Waals surface area (Å²) in [4.78, 5) is 44.1. The van der Waals surface area contributed by atoms with Crippen molar-refractivity contribution in [1.29, 1.82) is 0 Å².